The van der Waals surface area contributed by atoms with Crippen molar-refractivity contribution in [3.05, 3.63) is 23.8 Å². The van der Waals surface area contributed by atoms with E-state index in [1.54, 1.807) is 7.11 Å². The summed E-state index contributed by atoms with van der Waals surface area (Å²) in [5.41, 5.74) is 1.30. The first-order valence-corrected chi connectivity index (χ1v) is 6.56. The summed E-state index contributed by atoms with van der Waals surface area (Å²) in [7, 11) is 1.64. The Morgan fingerprint density at radius 2 is 2.21 bits per heavy atom. The summed E-state index contributed by atoms with van der Waals surface area (Å²) in [6, 6.07) is 6.60. The van der Waals surface area contributed by atoms with Crippen molar-refractivity contribution in [2.45, 2.75) is 18.4 Å². The van der Waals surface area contributed by atoms with Crippen LogP contribution in [0.3, 0.4) is 0 Å². The molecule has 5 heteroatoms. The first-order valence-electron chi connectivity index (χ1n) is 6.56. The highest BCUT2D eigenvalue weighted by molar-refractivity contribution is 5.45. The highest BCUT2D eigenvalue weighted by Crippen LogP contribution is 2.36. The van der Waals surface area contributed by atoms with E-state index in [0.29, 0.717) is 32.2 Å². The molecule has 1 aromatic rings. The van der Waals surface area contributed by atoms with E-state index >= 15 is 0 Å². The number of ether oxygens (including phenoxy) is 4. The third-order valence-electron chi connectivity index (χ3n) is 3.61. The van der Waals surface area contributed by atoms with Crippen LogP contribution in [0.4, 0.5) is 0 Å². The number of fused-ring (bicyclic) bond motifs is 1. The van der Waals surface area contributed by atoms with Gasteiger partial charge in [0.1, 0.15) is 6.79 Å². The lowest BCUT2D eigenvalue weighted by Gasteiger charge is -2.11. The van der Waals surface area contributed by atoms with E-state index in [1.165, 1.54) is 5.56 Å². The minimum absolute atomic E-state index is 0.329. The topological polar surface area (TPSA) is 49.0 Å². The highest BCUT2D eigenvalue weighted by Gasteiger charge is 2.26. The molecule has 104 valence electrons. The van der Waals surface area contributed by atoms with Gasteiger partial charge in [0.2, 0.25) is 6.79 Å². The van der Waals surface area contributed by atoms with Crippen molar-refractivity contribution in [3.63, 3.8) is 0 Å². The smallest absolute Gasteiger partial charge is 0.231 e. The number of methoxy groups -OCH3 is 1. The number of nitrogens with one attached hydrogen (secondary N) is 1. The molecule has 1 saturated heterocycles. The second kappa shape index (κ2) is 5.77. The predicted octanol–water partition coefficient (Wildman–Crippen LogP) is 1.48. The maximum Gasteiger partial charge on any atom is 0.231 e. The normalized spacial score (nSPS) is 24.9. The van der Waals surface area contributed by atoms with E-state index in [-0.39, 0.29) is 0 Å². The van der Waals surface area contributed by atoms with Crippen LogP contribution < -0.4 is 14.8 Å². The van der Waals surface area contributed by atoms with Crippen molar-refractivity contribution >= 4 is 0 Å². The van der Waals surface area contributed by atoms with Gasteiger partial charge < -0.3 is 24.3 Å². The third-order valence-corrected chi connectivity index (χ3v) is 3.61. The van der Waals surface area contributed by atoms with Crippen LogP contribution >= 0.6 is 0 Å². The Bertz CT molecular complexity index is 437. The molecule has 1 N–H and O–H groups in total. The fraction of sp³-hybridized carbons (Fsp3) is 0.571. The van der Waals surface area contributed by atoms with Gasteiger partial charge in [-0.2, -0.15) is 0 Å². The maximum absolute atomic E-state index is 5.42. The third kappa shape index (κ3) is 2.83. The van der Waals surface area contributed by atoms with Gasteiger partial charge in [0.05, 0.1) is 6.61 Å². The number of hydrogen-bond acceptors (Lipinski definition) is 5. The first-order chi connectivity index (χ1) is 9.36. The van der Waals surface area contributed by atoms with E-state index in [2.05, 4.69) is 17.4 Å². The highest BCUT2D eigenvalue weighted by atomic mass is 16.7. The van der Waals surface area contributed by atoms with Gasteiger partial charge in [-0.15, -0.1) is 0 Å². The van der Waals surface area contributed by atoms with Gasteiger partial charge in [-0.3, -0.25) is 0 Å². The minimum atomic E-state index is 0.329. The Labute approximate surface area is 112 Å². The fourth-order valence-corrected chi connectivity index (χ4v) is 2.64. The Kier molecular flexibility index (Phi) is 3.87. The largest absolute Gasteiger partial charge is 0.454 e. The molecule has 2 atom stereocenters. The van der Waals surface area contributed by atoms with E-state index in [9.17, 15) is 0 Å². The number of hydrogen-bond donors (Lipinski definition) is 1. The zero-order valence-corrected chi connectivity index (χ0v) is 11.1. The van der Waals surface area contributed by atoms with Gasteiger partial charge in [-0.25, -0.2) is 0 Å². The molecule has 0 saturated carbocycles. The van der Waals surface area contributed by atoms with Crippen molar-refractivity contribution in [1.82, 2.24) is 5.32 Å². The molecule has 0 aliphatic carbocycles. The van der Waals surface area contributed by atoms with Gasteiger partial charge in [-0.05, 0) is 30.0 Å². The number of rotatable bonds is 5. The molecule has 1 aromatic carbocycles. The van der Waals surface area contributed by atoms with Crippen LogP contribution in [0.25, 0.3) is 0 Å². The van der Waals surface area contributed by atoms with Crippen LogP contribution in [0.5, 0.6) is 11.5 Å². The zero-order chi connectivity index (χ0) is 13.1. The SMILES string of the molecule is COCOCC1CC(c2ccc3c(c2)OCO3)CN1. The predicted molar refractivity (Wildman–Crippen MR) is 69.5 cm³/mol. The molecule has 0 amide bonds. The lowest BCUT2D eigenvalue weighted by atomic mass is 9.96. The monoisotopic (exact) mass is 265 g/mol. The average Bonchev–Trinajstić information content (AvgIpc) is 3.06. The molecule has 0 radical (unpaired) electrons. The van der Waals surface area contributed by atoms with Crippen LogP contribution in [0, 0.1) is 0 Å². The van der Waals surface area contributed by atoms with E-state index < -0.39 is 0 Å². The molecular formula is C14H19NO4. The molecule has 1 fully saturated rings. The molecule has 2 heterocycles. The van der Waals surface area contributed by atoms with E-state index in [1.807, 2.05) is 6.07 Å². The van der Waals surface area contributed by atoms with Crippen LogP contribution in [0.1, 0.15) is 17.9 Å². The van der Waals surface area contributed by atoms with Crippen LogP contribution in [-0.4, -0.2) is 39.9 Å². The second-order valence-corrected chi connectivity index (χ2v) is 4.93. The molecule has 0 spiro atoms. The van der Waals surface area contributed by atoms with Crippen LogP contribution in [-0.2, 0) is 9.47 Å². The van der Waals surface area contributed by atoms with Crippen molar-refractivity contribution in [1.29, 1.82) is 0 Å². The maximum atomic E-state index is 5.42. The van der Waals surface area contributed by atoms with E-state index in [4.69, 9.17) is 18.9 Å². The lowest BCUT2D eigenvalue weighted by Crippen LogP contribution is -2.27. The molecule has 19 heavy (non-hydrogen) atoms. The summed E-state index contributed by atoms with van der Waals surface area (Å²) in [6.07, 6.45) is 1.07. The van der Waals surface area contributed by atoms with Gasteiger partial charge in [0, 0.05) is 19.7 Å². The standard InChI is InChI=1S/C14H19NO4/c1-16-8-17-7-12-4-11(6-15-12)10-2-3-13-14(5-10)19-9-18-13/h2-3,5,11-12,15H,4,6-9H2,1H3. The quantitative estimate of drug-likeness (QED) is 0.645. The molecule has 2 aliphatic rings. The van der Waals surface area contributed by atoms with Gasteiger partial charge >= 0.3 is 0 Å². The number of benzene rings is 1. The fourth-order valence-electron chi connectivity index (χ4n) is 2.64. The lowest BCUT2D eigenvalue weighted by molar-refractivity contribution is -0.0365. The summed E-state index contributed by atoms with van der Waals surface area (Å²) in [4.78, 5) is 0. The Balaban J connectivity index is 1.58. The average molecular weight is 265 g/mol. The Morgan fingerprint density at radius 1 is 1.32 bits per heavy atom. The van der Waals surface area contributed by atoms with Crippen molar-refractivity contribution in [3.8, 4) is 11.5 Å². The zero-order valence-electron chi connectivity index (χ0n) is 11.1. The summed E-state index contributed by atoms with van der Waals surface area (Å²) in [5.74, 6) is 2.21. The Hall–Kier alpha value is -1.30. The van der Waals surface area contributed by atoms with Gasteiger partial charge in [0.25, 0.3) is 0 Å². The minimum Gasteiger partial charge on any atom is -0.454 e. The molecule has 5 nitrogen and oxygen atoms in total. The molecule has 0 bridgehead atoms. The van der Waals surface area contributed by atoms with Crippen LogP contribution in [0.15, 0.2) is 18.2 Å². The van der Waals surface area contributed by atoms with Crippen molar-refractivity contribution in [2.24, 2.45) is 0 Å². The molecule has 2 aliphatic heterocycles. The summed E-state index contributed by atoms with van der Waals surface area (Å²) < 4.78 is 21.0. The summed E-state index contributed by atoms with van der Waals surface area (Å²) >= 11 is 0. The molecule has 0 aromatic heterocycles. The second-order valence-electron chi connectivity index (χ2n) is 4.93. The Morgan fingerprint density at radius 3 is 3.11 bits per heavy atom. The van der Waals surface area contributed by atoms with Gasteiger partial charge in [-0.1, -0.05) is 6.07 Å². The summed E-state index contributed by atoms with van der Waals surface area (Å²) in [6.45, 7) is 2.34. The van der Waals surface area contributed by atoms with Gasteiger partial charge in [0.15, 0.2) is 11.5 Å². The van der Waals surface area contributed by atoms with E-state index in [0.717, 1.165) is 24.5 Å². The van der Waals surface area contributed by atoms with Crippen molar-refractivity contribution < 1.29 is 18.9 Å². The van der Waals surface area contributed by atoms with Crippen molar-refractivity contribution in [2.75, 3.05) is 33.8 Å². The molecular weight excluding hydrogens is 246 g/mol. The summed E-state index contributed by atoms with van der Waals surface area (Å²) in [5, 5.41) is 3.48. The van der Waals surface area contributed by atoms with Crippen LogP contribution in [0.2, 0.25) is 0 Å². The molecule has 2 unspecified atom stereocenters. The first kappa shape index (κ1) is 12.7. The molecule has 3 rings (SSSR count).